The molecule has 0 aliphatic rings. The van der Waals surface area contributed by atoms with Crippen molar-refractivity contribution in [3.63, 3.8) is 0 Å². The number of fused-ring (bicyclic) bond motifs is 1. The normalized spacial score (nSPS) is 12.6. The molecule has 0 bridgehead atoms. The molecular weight excluding hydrogens is 354 g/mol. The summed E-state index contributed by atoms with van der Waals surface area (Å²) in [4.78, 5) is 9.47. The van der Waals surface area contributed by atoms with E-state index in [-0.39, 0.29) is 7.43 Å². The highest BCUT2D eigenvalue weighted by Crippen LogP contribution is 2.31. The lowest BCUT2D eigenvalue weighted by Crippen LogP contribution is -2.08. The van der Waals surface area contributed by atoms with Crippen molar-refractivity contribution in [2.45, 2.75) is 33.1 Å². The predicted octanol–water partition coefficient (Wildman–Crippen LogP) is 6.57. The minimum absolute atomic E-state index is 0. The summed E-state index contributed by atoms with van der Waals surface area (Å²) in [7, 11) is 0. The Morgan fingerprint density at radius 2 is 1.76 bits per heavy atom. The maximum absolute atomic E-state index is 5.42. The molecule has 0 saturated heterocycles. The summed E-state index contributed by atoms with van der Waals surface area (Å²) in [6.45, 7) is 9.90. The molecule has 0 aliphatic carbocycles. The van der Waals surface area contributed by atoms with Crippen molar-refractivity contribution in [2.24, 2.45) is 0 Å². The Hall–Kier alpha value is -3.42. The maximum atomic E-state index is 5.42. The fourth-order valence-electron chi connectivity index (χ4n) is 3.52. The smallest absolute Gasteiger partial charge is 0.138 e. The largest absolute Gasteiger partial charge is 0.283 e. The van der Waals surface area contributed by atoms with Crippen molar-refractivity contribution in [3.8, 4) is 5.82 Å². The summed E-state index contributed by atoms with van der Waals surface area (Å²) in [5.41, 5.74) is 7.88. The summed E-state index contributed by atoms with van der Waals surface area (Å²) >= 11 is 0. The maximum Gasteiger partial charge on any atom is 0.138 e. The monoisotopic (exact) mass is 380 g/mol. The first-order chi connectivity index (χ1) is 13.7. The summed E-state index contributed by atoms with van der Waals surface area (Å²) in [6.07, 6.45) is 3.58. The molecule has 0 fully saturated rings. The molecule has 2 heterocycles. The SMILES string of the molecule is C.[CH]=C=Cc1ccc2ncn(-c3cccc(C(C)[C@@H](C)c4ccccc4)n3)c2c1. The molecule has 0 aliphatic heterocycles. The first-order valence-corrected chi connectivity index (χ1v) is 9.46. The fourth-order valence-corrected chi connectivity index (χ4v) is 3.52. The van der Waals surface area contributed by atoms with Gasteiger partial charge >= 0.3 is 0 Å². The number of rotatable bonds is 5. The number of hydrogen-bond donors (Lipinski definition) is 0. The average Bonchev–Trinajstić information content (AvgIpc) is 3.17. The van der Waals surface area contributed by atoms with E-state index in [9.17, 15) is 0 Å². The summed E-state index contributed by atoms with van der Waals surface area (Å²) in [5.74, 6) is 1.53. The topological polar surface area (TPSA) is 30.7 Å². The molecule has 0 spiro atoms. The van der Waals surface area contributed by atoms with Crippen LogP contribution in [0, 0.1) is 6.58 Å². The highest BCUT2D eigenvalue weighted by molar-refractivity contribution is 5.79. The van der Waals surface area contributed by atoms with Crippen molar-refractivity contribution >= 4 is 17.1 Å². The van der Waals surface area contributed by atoms with Crippen LogP contribution in [0.1, 0.15) is 49.9 Å². The van der Waals surface area contributed by atoms with Crippen LogP contribution in [0.25, 0.3) is 22.9 Å². The van der Waals surface area contributed by atoms with Crippen molar-refractivity contribution in [3.05, 3.63) is 102 Å². The zero-order valence-corrected chi connectivity index (χ0v) is 16.1. The Morgan fingerprint density at radius 3 is 2.52 bits per heavy atom. The molecule has 4 rings (SSSR count). The summed E-state index contributed by atoms with van der Waals surface area (Å²) in [5, 5.41) is 0. The number of imidazole rings is 1. The van der Waals surface area contributed by atoms with Gasteiger partial charge in [0.25, 0.3) is 0 Å². The van der Waals surface area contributed by atoms with Gasteiger partial charge in [-0.25, -0.2) is 9.97 Å². The van der Waals surface area contributed by atoms with Crippen LogP contribution in [-0.4, -0.2) is 14.5 Å². The number of nitrogens with zero attached hydrogens (tertiary/aromatic N) is 3. The van der Waals surface area contributed by atoms with Crippen LogP contribution < -0.4 is 0 Å². The molecule has 1 unspecified atom stereocenters. The van der Waals surface area contributed by atoms with Gasteiger partial charge in [-0.05, 0) is 54.0 Å². The Labute approximate surface area is 173 Å². The van der Waals surface area contributed by atoms with E-state index < -0.39 is 0 Å². The number of aromatic nitrogens is 3. The molecule has 0 N–H and O–H groups in total. The number of pyridine rings is 1. The van der Waals surface area contributed by atoms with Crippen LogP contribution >= 0.6 is 0 Å². The van der Waals surface area contributed by atoms with Crippen molar-refractivity contribution in [1.29, 1.82) is 0 Å². The van der Waals surface area contributed by atoms with Gasteiger partial charge in [0, 0.05) is 11.6 Å². The van der Waals surface area contributed by atoms with Gasteiger partial charge in [0.2, 0.25) is 0 Å². The van der Waals surface area contributed by atoms with E-state index in [0.717, 1.165) is 28.1 Å². The second kappa shape index (κ2) is 8.72. The molecule has 4 aromatic rings. The highest BCUT2D eigenvalue weighted by Gasteiger charge is 2.18. The van der Waals surface area contributed by atoms with Crippen LogP contribution in [0.5, 0.6) is 0 Å². The van der Waals surface area contributed by atoms with E-state index in [0.29, 0.717) is 11.8 Å². The second-order valence-corrected chi connectivity index (χ2v) is 7.08. The summed E-state index contributed by atoms with van der Waals surface area (Å²) in [6, 6.07) is 22.8. The first kappa shape index (κ1) is 20.3. The number of benzene rings is 2. The van der Waals surface area contributed by atoms with Gasteiger partial charge in [-0.2, -0.15) is 0 Å². The third-order valence-corrected chi connectivity index (χ3v) is 5.37. The Balaban J connectivity index is 0.00000240. The van der Waals surface area contributed by atoms with E-state index in [1.54, 1.807) is 6.08 Å². The van der Waals surface area contributed by atoms with E-state index in [2.05, 4.69) is 67.0 Å². The standard InChI is InChI=1S/C25H22N3.CH4/c1-4-9-20-14-15-23-24(16-20)28(17-26-23)25-13-8-12-22(27-25)19(3)18(2)21-10-6-5-7-11-21;/h1,5-19H,2-3H3;1H4/t4?,18-,19?;/m1./s1. The van der Waals surface area contributed by atoms with E-state index in [1.807, 2.05) is 35.2 Å². The lowest BCUT2D eigenvalue weighted by Gasteiger charge is -2.20. The molecule has 2 aromatic carbocycles. The van der Waals surface area contributed by atoms with Crippen LogP contribution in [-0.2, 0) is 0 Å². The lowest BCUT2D eigenvalue weighted by atomic mass is 9.86. The van der Waals surface area contributed by atoms with Gasteiger partial charge in [-0.15, -0.1) is 5.73 Å². The van der Waals surface area contributed by atoms with Crippen LogP contribution in [0.2, 0.25) is 0 Å². The summed E-state index contributed by atoms with van der Waals surface area (Å²) < 4.78 is 2.02. The van der Waals surface area contributed by atoms with Crippen LogP contribution in [0.3, 0.4) is 0 Å². The van der Waals surface area contributed by atoms with Gasteiger partial charge in [-0.1, -0.05) is 63.7 Å². The zero-order valence-electron chi connectivity index (χ0n) is 16.1. The van der Waals surface area contributed by atoms with E-state index >= 15 is 0 Å². The first-order valence-electron chi connectivity index (χ1n) is 9.46. The van der Waals surface area contributed by atoms with Gasteiger partial charge in [0.15, 0.2) is 0 Å². The van der Waals surface area contributed by atoms with Crippen molar-refractivity contribution in [1.82, 2.24) is 14.5 Å². The number of hydrogen-bond acceptors (Lipinski definition) is 2. The third-order valence-electron chi connectivity index (χ3n) is 5.37. The second-order valence-electron chi connectivity index (χ2n) is 7.08. The molecule has 3 heteroatoms. The highest BCUT2D eigenvalue weighted by atomic mass is 15.1. The Morgan fingerprint density at radius 1 is 0.966 bits per heavy atom. The average molecular weight is 381 g/mol. The minimum Gasteiger partial charge on any atom is -0.283 e. The molecule has 3 nitrogen and oxygen atoms in total. The lowest BCUT2D eigenvalue weighted by molar-refractivity contribution is 0.606. The Kier molecular flexibility index (Phi) is 6.11. The van der Waals surface area contributed by atoms with E-state index in [4.69, 9.17) is 11.6 Å². The van der Waals surface area contributed by atoms with Crippen molar-refractivity contribution in [2.75, 3.05) is 0 Å². The third kappa shape index (κ3) is 4.06. The molecule has 0 amide bonds. The molecule has 145 valence electrons. The van der Waals surface area contributed by atoms with Gasteiger partial charge < -0.3 is 0 Å². The molecule has 2 aromatic heterocycles. The van der Waals surface area contributed by atoms with Crippen molar-refractivity contribution < 1.29 is 0 Å². The van der Waals surface area contributed by atoms with Gasteiger partial charge in [-0.3, -0.25) is 4.57 Å². The predicted molar refractivity (Wildman–Crippen MR) is 121 cm³/mol. The van der Waals surface area contributed by atoms with Gasteiger partial charge in [0.05, 0.1) is 11.0 Å². The molecule has 0 saturated carbocycles. The zero-order chi connectivity index (χ0) is 19.5. The molecular formula is C26H26N3. The fraction of sp³-hybridized carbons (Fsp3) is 0.192. The van der Waals surface area contributed by atoms with Crippen LogP contribution in [0.4, 0.5) is 0 Å². The minimum atomic E-state index is 0. The van der Waals surface area contributed by atoms with E-state index in [1.165, 1.54) is 5.56 Å². The van der Waals surface area contributed by atoms with Crippen LogP contribution in [0.15, 0.2) is 78.8 Å². The quantitative estimate of drug-likeness (QED) is 0.367. The Bertz CT molecular complexity index is 1150. The molecule has 1 radical (unpaired) electrons. The van der Waals surface area contributed by atoms with Gasteiger partial charge in [0.1, 0.15) is 12.1 Å². The molecule has 2 atom stereocenters. The molecule has 29 heavy (non-hydrogen) atoms.